The maximum absolute atomic E-state index is 10.6. The number of rotatable bonds is 10. The molecule has 0 saturated heterocycles. The molecule has 6 nitrogen and oxygen atoms in total. The molecular formula is C12H22O6. The van der Waals surface area contributed by atoms with Crippen molar-refractivity contribution in [2.45, 2.75) is 38.6 Å². The molecule has 3 N–H and O–H groups in total. The first kappa shape index (κ1) is 17.1. The summed E-state index contributed by atoms with van der Waals surface area (Å²) in [6, 6.07) is 0. The fraction of sp³-hybridized carbons (Fsp3) is 0.750. The first-order valence-electron chi connectivity index (χ1n) is 5.80. The highest BCUT2D eigenvalue weighted by Crippen LogP contribution is 2.08. The fourth-order valence-electron chi connectivity index (χ4n) is 1.16. The van der Waals surface area contributed by atoms with Crippen molar-refractivity contribution in [3.63, 3.8) is 0 Å². The molecule has 0 fully saturated rings. The van der Waals surface area contributed by atoms with E-state index in [-0.39, 0.29) is 37.9 Å². The Bertz CT molecular complexity index is 263. The molecular weight excluding hydrogens is 240 g/mol. The molecule has 0 radical (unpaired) electrons. The standard InChI is InChI=1S/C12H22O6/c1-8(12(15)16)4-11(5-13)18-7-10(3)17-6-9(2)14/h9-11,13-14H,1,4-7H2,2-3H3,(H,15,16). The minimum atomic E-state index is -1.10. The zero-order valence-electron chi connectivity index (χ0n) is 10.8. The molecule has 0 bridgehead atoms. The molecule has 0 aliphatic rings. The molecule has 106 valence electrons. The Morgan fingerprint density at radius 3 is 2.33 bits per heavy atom. The number of hydrogen-bond acceptors (Lipinski definition) is 5. The molecule has 0 rings (SSSR count). The highest BCUT2D eigenvalue weighted by Gasteiger charge is 2.15. The fourth-order valence-corrected chi connectivity index (χ4v) is 1.16. The van der Waals surface area contributed by atoms with Crippen LogP contribution in [0.15, 0.2) is 12.2 Å². The summed E-state index contributed by atoms with van der Waals surface area (Å²) in [5.74, 6) is -1.10. The van der Waals surface area contributed by atoms with Crippen LogP contribution in [0.4, 0.5) is 0 Å². The molecule has 0 aromatic rings. The van der Waals surface area contributed by atoms with Crippen LogP contribution in [-0.2, 0) is 14.3 Å². The van der Waals surface area contributed by atoms with Crippen molar-refractivity contribution in [3.05, 3.63) is 12.2 Å². The van der Waals surface area contributed by atoms with Gasteiger partial charge in [-0.05, 0) is 13.8 Å². The molecule has 0 amide bonds. The van der Waals surface area contributed by atoms with E-state index in [1.54, 1.807) is 13.8 Å². The van der Waals surface area contributed by atoms with Gasteiger partial charge in [-0.2, -0.15) is 0 Å². The van der Waals surface area contributed by atoms with Crippen molar-refractivity contribution >= 4 is 5.97 Å². The summed E-state index contributed by atoms with van der Waals surface area (Å²) >= 11 is 0. The molecule has 0 aromatic heterocycles. The second-order valence-corrected chi connectivity index (χ2v) is 4.24. The van der Waals surface area contributed by atoms with Crippen LogP contribution in [0, 0.1) is 0 Å². The van der Waals surface area contributed by atoms with E-state index in [4.69, 9.17) is 24.8 Å². The summed E-state index contributed by atoms with van der Waals surface area (Å²) in [6.45, 7) is 6.89. The summed E-state index contributed by atoms with van der Waals surface area (Å²) < 4.78 is 10.6. The lowest BCUT2D eigenvalue weighted by Crippen LogP contribution is -2.27. The van der Waals surface area contributed by atoms with Crippen LogP contribution < -0.4 is 0 Å². The molecule has 18 heavy (non-hydrogen) atoms. The maximum atomic E-state index is 10.6. The third-order valence-electron chi connectivity index (χ3n) is 2.17. The van der Waals surface area contributed by atoms with E-state index < -0.39 is 18.2 Å². The summed E-state index contributed by atoms with van der Waals surface area (Å²) in [5.41, 5.74) is -0.00778. The smallest absolute Gasteiger partial charge is 0.331 e. The first-order valence-corrected chi connectivity index (χ1v) is 5.80. The van der Waals surface area contributed by atoms with Crippen molar-refractivity contribution in [1.29, 1.82) is 0 Å². The molecule has 6 heteroatoms. The molecule has 0 aliphatic carbocycles. The van der Waals surface area contributed by atoms with Crippen LogP contribution in [0.5, 0.6) is 0 Å². The Balaban J connectivity index is 3.92. The molecule has 3 unspecified atom stereocenters. The third-order valence-corrected chi connectivity index (χ3v) is 2.17. The van der Waals surface area contributed by atoms with Crippen molar-refractivity contribution in [1.82, 2.24) is 0 Å². The van der Waals surface area contributed by atoms with Crippen LogP contribution in [0.2, 0.25) is 0 Å². The highest BCUT2D eigenvalue weighted by atomic mass is 16.5. The number of carboxylic acid groups (broad SMARTS) is 1. The number of carbonyl (C=O) groups is 1. The van der Waals surface area contributed by atoms with E-state index in [1.807, 2.05) is 0 Å². The van der Waals surface area contributed by atoms with Gasteiger partial charge in [0.1, 0.15) is 0 Å². The van der Waals surface area contributed by atoms with E-state index in [9.17, 15) is 4.79 Å². The molecule has 3 atom stereocenters. The molecule has 0 heterocycles. The van der Waals surface area contributed by atoms with Crippen LogP contribution in [0.1, 0.15) is 20.3 Å². The van der Waals surface area contributed by atoms with Crippen LogP contribution in [-0.4, -0.2) is 59.4 Å². The average molecular weight is 262 g/mol. The predicted molar refractivity (Wildman–Crippen MR) is 65.3 cm³/mol. The van der Waals surface area contributed by atoms with Gasteiger partial charge in [-0.1, -0.05) is 6.58 Å². The second-order valence-electron chi connectivity index (χ2n) is 4.24. The van der Waals surface area contributed by atoms with Crippen LogP contribution >= 0.6 is 0 Å². The third kappa shape index (κ3) is 8.19. The van der Waals surface area contributed by atoms with Crippen molar-refractivity contribution in [3.8, 4) is 0 Å². The van der Waals surface area contributed by atoms with Crippen molar-refractivity contribution < 1.29 is 29.6 Å². The lowest BCUT2D eigenvalue weighted by atomic mass is 10.1. The van der Waals surface area contributed by atoms with Gasteiger partial charge in [0.2, 0.25) is 0 Å². The van der Waals surface area contributed by atoms with Gasteiger partial charge in [-0.3, -0.25) is 0 Å². The van der Waals surface area contributed by atoms with Gasteiger partial charge >= 0.3 is 5.97 Å². The lowest BCUT2D eigenvalue weighted by Gasteiger charge is -2.19. The molecule has 0 spiro atoms. The highest BCUT2D eigenvalue weighted by molar-refractivity contribution is 5.85. The van der Waals surface area contributed by atoms with Gasteiger partial charge in [-0.15, -0.1) is 0 Å². The molecule has 0 saturated carbocycles. The van der Waals surface area contributed by atoms with Gasteiger partial charge in [0.25, 0.3) is 0 Å². The summed E-state index contributed by atoms with van der Waals surface area (Å²) in [5, 5.41) is 26.7. The Morgan fingerprint density at radius 1 is 1.28 bits per heavy atom. The Hall–Kier alpha value is -0.950. The van der Waals surface area contributed by atoms with Gasteiger partial charge in [-0.25, -0.2) is 4.79 Å². The topological polar surface area (TPSA) is 96.2 Å². The van der Waals surface area contributed by atoms with Gasteiger partial charge in [0.05, 0.1) is 38.1 Å². The Labute approximate surface area is 107 Å². The van der Waals surface area contributed by atoms with Crippen molar-refractivity contribution in [2.75, 3.05) is 19.8 Å². The lowest BCUT2D eigenvalue weighted by molar-refractivity contribution is -0.133. The zero-order chi connectivity index (χ0) is 14.1. The quantitative estimate of drug-likeness (QED) is 0.486. The summed E-state index contributed by atoms with van der Waals surface area (Å²) in [4.78, 5) is 10.6. The van der Waals surface area contributed by atoms with E-state index in [0.29, 0.717) is 0 Å². The second kappa shape index (κ2) is 9.04. The maximum Gasteiger partial charge on any atom is 0.331 e. The van der Waals surface area contributed by atoms with Crippen molar-refractivity contribution in [2.24, 2.45) is 0 Å². The normalized spacial score (nSPS) is 16.0. The minimum Gasteiger partial charge on any atom is -0.478 e. The largest absolute Gasteiger partial charge is 0.478 e. The number of ether oxygens (including phenoxy) is 2. The summed E-state index contributed by atoms with van der Waals surface area (Å²) in [6.07, 6.45) is -1.33. The average Bonchev–Trinajstić information content (AvgIpc) is 2.31. The number of aliphatic hydroxyl groups is 2. The number of aliphatic hydroxyl groups excluding tert-OH is 2. The number of hydrogen-bond donors (Lipinski definition) is 3. The predicted octanol–water partition coefficient (Wildman–Crippen LogP) is 0.181. The Morgan fingerprint density at radius 2 is 1.89 bits per heavy atom. The van der Waals surface area contributed by atoms with E-state index in [2.05, 4.69) is 6.58 Å². The van der Waals surface area contributed by atoms with Gasteiger partial charge < -0.3 is 24.8 Å². The monoisotopic (exact) mass is 262 g/mol. The minimum absolute atomic E-state index is 0.00778. The van der Waals surface area contributed by atoms with E-state index in [0.717, 1.165) is 0 Å². The van der Waals surface area contributed by atoms with Crippen LogP contribution in [0.3, 0.4) is 0 Å². The van der Waals surface area contributed by atoms with Crippen LogP contribution in [0.25, 0.3) is 0 Å². The Kier molecular flexibility index (Phi) is 8.57. The SMILES string of the molecule is C=C(CC(CO)OCC(C)OCC(C)O)C(=O)O. The molecule has 0 aliphatic heterocycles. The molecule has 0 aromatic carbocycles. The number of aliphatic carboxylic acids is 1. The van der Waals surface area contributed by atoms with Gasteiger partial charge in [0.15, 0.2) is 0 Å². The first-order chi connectivity index (χ1) is 8.36. The van der Waals surface area contributed by atoms with Gasteiger partial charge in [0, 0.05) is 12.0 Å². The van der Waals surface area contributed by atoms with E-state index >= 15 is 0 Å². The summed E-state index contributed by atoms with van der Waals surface area (Å²) in [7, 11) is 0. The van der Waals surface area contributed by atoms with E-state index in [1.165, 1.54) is 0 Å². The zero-order valence-corrected chi connectivity index (χ0v) is 10.8. The number of carboxylic acids is 1.